The zero-order chi connectivity index (χ0) is 9.68. The summed E-state index contributed by atoms with van der Waals surface area (Å²) >= 11 is 0. The van der Waals surface area contributed by atoms with E-state index in [0.717, 1.165) is 32.1 Å². The van der Waals surface area contributed by atoms with Crippen molar-refractivity contribution in [3.8, 4) is 0 Å². The number of hydrogen-bond donors (Lipinski definition) is 0. The largest absolute Gasteiger partial charge is 0.333 e. The zero-order valence-corrected chi connectivity index (χ0v) is 8.16. The summed E-state index contributed by atoms with van der Waals surface area (Å²) in [6.45, 7) is 2.53. The van der Waals surface area contributed by atoms with E-state index >= 15 is 0 Å². The van der Waals surface area contributed by atoms with E-state index in [4.69, 9.17) is 0 Å². The summed E-state index contributed by atoms with van der Waals surface area (Å²) in [6.07, 6.45) is 5.78. The van der Waals surface area contributed by atoms with Gasteiger partial charge in [0.25, 0.3) is 0 Å². The van der Waals surface area contributed by atoms with Crippen LogP contribution < -0.4 is 0 Å². The summed E-state index contributed by atoms with van der Waals surface area (Å²) in [4.78, 5) is 23.8. The third kappa shape index (κ3) is 2.83. The number of rotatable bonds is 2. The van der Waals surface area contributed by atoms with Crippen LogP contribution in [0.4, 0.5) is 0 Å². The SMILES string of the molecule is CC(C=O)N1CCCCCCC1=O. The average molecular weight is 183 g/mol. The van der Waals surface area contributed by atoms with E-state index in [9.17, 15) is 9.59 Å². The standard InChI is InChI=1S/C10H17NO2/c1-9(8-12)11-7-5-3-2-4-6-10(11)13/h8-9H,2-7H2,1H3. The molecule has 3 heteroatoms. The van der Waals surface area contributed by atoms with Gasteiger partial charge in [-0.1, -0.05) is 12.8 Å². The van der Waals surface area contributed by atoms with Gasteiger partial charge in [0.2, 0.25) is 5.91 Å². The van der Waals surface area contributed by atoms with Crippen molar-refractivity contribution >= 4 is 12.2 Å². The molecule has 0 aliphatic carbocycles. The van der Waals surface area contributed by atoms with Crippen LogP contribution in [0.5, 0.6) is 0 Å². The number of hydrogen-bond acceptors (Lipinski definition) is 2. The van der Waals surface area contributed by atoms with Gasteiger partial charge >= 0.3 is 0 Å². The summed E-state index contributed by atoms with van der Waals surface area (Å²) in [5.74, 6) is 0.138. The van der Waals surface area contributed by atoms with Crippen molar-refractivity contribution in [2.45, 2.75) is 45.1 Å². The maximum Gasteiger partial charge on any atom is 0.223 e. The van der Waals surface area contributed by atoms with Crippen LogP contribution in [-0.2, 0) is 9.59 Å². The Hall–Kier alpha value is -0.860. The molecule has 1 heterocycles. The van der Waals surface area contributed by atoms with Crippen LogP contribution in [0, 0.1) is 0 Å². The highest BCUT2D eigenvalue weighted by molar-refractivity contribution is 5.79. The first-order valence-corrected chi connectivity index (χ1v) is 5.00. The van der Waals surface area contributed by atoms with Gasteiger partial charge in [0.05, 0.1) is 6.04 Å². The molecule has 1 atom stereocenters. The minimum absolute atomic E-state index is 0.138. The fraction of sp³-hybridized carbons (Fsp3) is 0.800. The van der Waals surface area contributed by atoms with Gasteiger partial charge in [0.15, 0.2) is 0 Å². The van der Waals surface area contributed by atoms with E-state index in [1.165, 1.54) is 6.42 Å². The van der Waals surface area contributed by atoms with E-state index in [1.807, 2.05) is 0 Å². The molecule has 13 heavy (non-hydrogen) atoms. The van der Waals surface area contributed by atoms with Crippen molar-refractivity contribution in [2.75, 3.05) is 6.54 Å². The molecule has 0 saturated carbocycles. The quantitative estimate of drug-likeness (QED) is 0.606. The smallest absolute Gasteiger partial charge is 0.223 e. The Bertz CT molecular complexity index is 191. The second kappa shape index (κ2) is 5.00. The van der Waals surface area contributed by atoms with E-state index in [-0.39, 0.29) is 11.9 Å². The molecule has 1 rings (SSSR count). The summed E-state index contributed by atoms with van der Waals surface area (Å²) in [5, 5.41) is 0. The molecule has 1 aliphatic heterocycles. The normalized spacial score (nSPS) is 21.9. The molecule has 0 aromatic carbocycles. The summed E-state index contributed by atoms with van der Waals surface area (Å²) < 4.78 is 0. The van der Waals surface area contributed by atoms with Gasteiger partial charge in [0.1, 0.15) is 6.29 Å². The number of nitrogens with zero attached hydrogens (tertiary/aromatic N) is 1. The number of aldehydes is 1. The highest BCUT2D eigenvalue weighted by atomic mass is 16.2. The fourth-order valence-electron chi connectivity index (χ4n) is 1.68. The third-order valence-corrected chi connectivity index (χ3v) is 2.55. The lowest BCUT2D eigenvalue weighted by Gasteiger charge is -2.27. The molecule has 0 aromatic rings. The predicted molar refractivity (Wildman–Crippen MR) is 50.3 cm³/mol. The molecule has 74 valence electrons. The van der Waals surface area contributed by atoms with Crippen LogP contribution in [0.1, 0.15) is 39.0 Å². The Labute approximate surface area is 79.1 Å². The second-order valence-electron chi connectivity index (χ2n) is 3.63. The van der Waals surface area contributed by atoms with Crippen LogP contribution in [0.15, 0.2) is 0 Å². The summed E-state index contributed by atoms with van der Waals surface area (Å²) in [5.41, 5.74) is 0. The lowest BCUT2D eigenvalue weighted by atomic mass is 10.1. The van der Waals surface area contributed by atoms with Gasteiger partial charge in [-0.2, -0.15) is 0 Å². The van der Waals surface area contributed by atoms with Crippen molar-refractivity contribution in [3.05, 3.63) is 0 Å². The Morgan fingerprint density at radius 3 is 2.69 bits per heavy atom. The maximum atomic E-state index is 11.5. The van der Waals surface area contributed by atoms with E-state index in [1.54, 1.807) is 11.8 Å². The highest BCUT2D eigenvalue weighted by Gasteiger charge is 2.19. The number of carbonyl (C=O) groups excluding carboxylic acids is 2. The van der Waals surface area contributed by atoms with Gasteiger partial charge < -0.3 is 9.69 Å². The maximum absolute atomic E-state index is 11.5. The lowest BCUT2D eigenvalue weighted by Crippen LogP contribution is -2.40. The van der Waals surface area contributed by atoms with Crippen LogP contribution >= 0.6 is 0 Å². The first-order chi connectivity index (χ1) is 6.25. The zero-order valence-electron chi connectivity index (χ0n) is 8.16. The number of amides is 1. The molecule has 1 aliphatic rings. The topological polar surface area (TPSA) is 37.4 Å². The van der Waals surface area contributed by atoms with Crippen LogP contribution in [0.3, 0.4) is 0 Å². The summed E-state index contributed by atoms with van der Waals surface area (Å²) in [6, 6.07) is -0.245. The van der Waals surface area contributed by atoms with E-state index < -0.39 is 0 Å². The van der Waals surface area contributed by atoms with Crippen molar-refractivity contribution < 1.29 is 9.59 Å². The molecule has 1 saturated heterocycles. The first kappa shape index (κ1) is 10.2. The minimum atomic E-state index is -0.245. The van der Waals surface area contributed by atoms with Gasteiger partial charge in [-0.25, -0.2) is 0 Å². The number of carbonyl (C=O) groups is 2. The van der Waals surface area contributed by atoms with Crippen LogP contribution in [0.25, 0.3) is 0 Å². The van der Waals surface area contributed by atoms with Crippen molar-refractivity contribution in [2.24, 2.45) is 0 Å². The van der Waals surface area contributed by atoms with Crippen molar-refractivity contribution in [1.29, 1.82) is 0 Å². The first-order valence-electron chi connectivity index (χ1n) is 5.00. The Morgan fingerprint density at radius 2 is 2.00 bits per heavy atom. The monoisotopic (exact) mass is 183 g/mol. The van der Waals surface area contributed by atoms with E-state index in [2.05, 4.69) is 0 Å². The van der Waals surface area contributed by atoms with Crippen LogP contribution in [-0.4, -0.2) is 29.7 Å². The molecular weight excluding hydrogens is 166 g/mol. The fourth-order valence-corrected chi connectivity index (χ4v) is 1.68. The molecule has 0 radical (unpaired) electrons. The van der Waals surface area contributed by atoms with E-state index in [0.29, 0.717) is 6.42 Å². The highest BCUT2D eigenvalue weighted by Crippen LogP contribution is 2.13. The van der Waals surface area contributed by atoms with Gasteiger partial charge in [-0.05, 0) is 19.8 Å². The minimum Gasteiger partial charge on any atom is -0.333 e. The lowest BCUT2D eigenvalue weighted by molar-refractivity contribution is -0.136. The van der Waals surface area contributed by atoms with Gasteiger partial charge in [-0.3, -0.25) is 4.79 Å². The molecule has 3 nitrogen and oxygen atoms in total. The number of likely N-dealkylation sites (tertiary alicyclic amines) is 1. The molecule has 0 spiro atoms. The van der Waals surface area contributed by atoms with Crippen molar-refractivity contribution in [1.82, 2.24) is 4.90 Å². The Balaban J connectivity index is 2.55. The summed E-state index contributed by atoms with van der Waals surface area (Å²) in [7, 11) is 0. The van der Waals surface area contributed by atoms with Gasteiger partial charge in [-0.15, -0.1) is 0 Å². The molecule has 0 bridgehead atoms. The second-order valence-corrected chi connectivity index (χ2v) is 3.63. The Morgan fingerprint density at radius 1 is 1.31 bits per heavy atom. The Kier molecular flexibility index (Phi) is 3.93. The van der Waals surface area contributed by atoms with Crippen LogP contribution in [0.2, 0.25) is 0 Å². The molecule has 1 fully saturated rings. The predicted octanol–water partition coefficient (Wildman–Crippen LogP) is 1.37. The molecule has 0 N–H and O–H groups in total. The molecule has 0 aromatic heterocycles. The average Bonchev–Trinajstić information content (AvgIpc) is 2.11. The van der Waals surface area contributed by atoms with Gasteiger partial charge in [0, 0.05) is 13.0 Å². The molecule has 1 amide bonds. The third-order valence-electron chi connectivity index (χ3n) is 2.55. The molecular formula is C10H17NO2. The molecule has 1 unspecified atom stereocenters. The van der Waals surface area contributed by atoms with Crippen molar-refractivity contribution in [3.63, 3.8) is 0 Å².